The molecule has 2 aliphatic heterocycles. The number of hydrogen-bond acceptors (Lipinski definition) is 3. The van der Waals surface area contributed by atoms with Crippen LogP contribution < -0.4 is 0 Å². The number of amides is 1. The molecule has 2 atom stereocenters. The van der Waals surface area contributed by atoms with Crippen molar-refractivity contribution < 1.29 is 13.9 Å². The number of ether oxygens (including phenoxy) is 1. The summed E-state index contributed by atoms with van der Waals surface area (Å²) in [5.74, 6) is 0.117. The molecule has 2 heterocycles. The molecule has 132 valence electrons. The third kappa shape index (κ3) is 3.20. The molecular weight excluding hydrogens is 307 g/mol. The molecule has 0 aliphatic carbocycles. The number of halogens is 1. The number of likely N-dealkylation sites (tertiary alicyclic amines) is 1. The van der Waals surface area contributed by atoms with Crippen molar-refractivity contribution in [3.63, 3.8) is 0 Å². The van der Waals surface area contributed by atoms with Crippen molar-refractivity contribution >= 4 is 5.91 Å². The molecule has 0 aromatic heterocycles. The Balaban J connectivity index is 1.74. The first-order valence-electron chi connectivity index (χ1n) is 8.77. The van der Waals surface area contributed by atoms with E-state index in [1.54, 1.807) is 18.2 Å². The summed E-state index contributed by atoms with van der Waals surface area (Å²) in [5, 5.41) is 0. The molecule has 2 aliphatic rings. The number of rotatable bonds is 3. The maximum atomic E-state index is 14.2. The number of morpholine rings is 1. The molecule has 2 saturated heterocycles. The standard InChI is InChI=1S/C19H27FN2O2/c1-14-12-22(13-17(14)21-8-10-24-11-9-21)18(23)19(2,3)15-6-4-5-7-16(15)20/h4-7,14,17H,8-13H2,1-3H3/t14-,17+/m0/s1. The second-order valence-electron chi connectivity index (χ2n) is 7.51. The highest BCUT2D eigenvalue weighted by Crippen LogP contribution is 2.31. The summed E-state index contributed by atoms with van der Waals surface area (Å²) in [6.45, 7) is 10.7. The second-order valence-corrected chi connectivity index (χ2v) is 7.51. The average Bonchev–Trinajstić information content (AvgIpc) is 2.97. The summed E-state index contributed by atoms with van der Waals surface area (Å²) >= 11 is 0. The molecule has 0 unspecified atom stereocenters. The summed E-state index contributed by atoms with van der Waals surface area (Å²) in [5.41, 5.74) is -0.386. The molecule has 0 spiro atoms. The lowest BCUT2D eigenvalue weighted by Gasteiger charge is -2.34. The summed E-state index contributed by atoms with van der Waals surface area (Å²) in [4.78, 5) is 17.5. The van der Waals surface area contributed by atoms with Gasteiger partial charge in [-0.3, -0.25) is 9.69 Å². The van der Waals surface area contributed by atoms with E-state index in [-0.39, 0.29) is 11.7 Å². The van der Waals surface area contributed by atoms with Gasteiger partial charge < -0.3 is 9.64 Å². The number of carbonyl (C=O) groups is 1. The van der Waals surface area contributed by atoms with E-state index in [1.165, 1.54) is 6.07 Å². The molecule has 4 nitrogen and oxygen atoms in total. The molecule has 2 fully saturated rings. The van der Waals surface area contributed by atoms with Crippen LogP contribution in [0.3, 0.4) is 0 Å². The topological polar surface area (TPSA) is 32.8 Å². The van der Waals surface area contributed by atoms with Gasteiger partial charge in [-0.25, -0.2) is 4.39 Å². The van der Waals surface area contributed by atoms with Gasteiger partial charge in [0.25, 0.3) is 0 Å². The molecule has 0 N–H and O–H groups in total. The Bertz CT molecular complexity index is 599. The van der Waals surface area contributed by atoms with Gasteiger partial charge in [-0.15, -0.1) is 0 Å². The van der Waals surface area contributed by atoms with Crippen LogP contribution >= 0.6 is 0 Å². The third-order valence-corrected chi connectivity index (χ3v) is 5.46. The number of benzene rings is 1. The van der Waals surface area contributed by atoms with Crippen molar-refractivity contribution in [2.75, 3.05) is 39.4 Å². The predicted molar refractivity (Wildman–Crippen MR) is 91.4 cm³/mol. The van der Waals surface area contributed by atoms with E-state index in [0.29, 0.717) is 17.5 Å². The van der Waals surface area contributed by atoms with Gasteiger partial charge in [-0.05, 0) is 25.8 Å². The highest BCUT2D eigenvalue weighted by molar-refractivity contribution is 5.87. The minimum atomic E-state index is -0.856. The van der Waals surface area contributed by atoms with E-state index in [9.17, 15) is 9.18 Å². The summed E-state index contributed by atoms with van der Waals surface area (Å²) in [6.07, 6.45) is 0. The van der Waals surface area contributed by atoms with Crippen LogP contribution in [0.15, 0.2) is 24.3 Å². The van der Waals surface area contributed by atoms with Crippen molar-refractivity contribution in [2.24, 2.45) is 5.92 Å². The Morgan fingerprint density at radius 3 is 2.54 bits per heavy atom. The van der Waals surface area contributed by atoms with E-state index in [2.05, 4.69) is 11.8 Å². The first kappa shape index (κ1) is 17.4. The van der Waals surface area contributed by atoms with E-state index >= 15 is 0 Å². The molecule has 1 aromatic rings. The summed E-state index contributed by atoms with van der Waals surface area (Å²) in [6, 6.07) is 6.96. The van der Waals surface area contributed by atoms with Gasteiger partial charge in [0, 0.05) is 37.8 Å². The Labute approximate surface area is 143 Å². The van der Waals surface area contributed by atoms with Gasteiger partial charge in [-0.2, -0.15) is 0 Å². The molecule has 24 heavy (non-hydrogen) atoms. The molecule has 3 rings (SSSR count). The Hall–Kier alpha value is -1.46. The van der Waals surface area contributed by atoms with Crippen LogP contribution in [0.5, 0.6) is 0 Å². The van der Waals surface area contributed by atoms with Gasteiger partial charge in [0.05, 0.1) is 18.6 Å². The van der Waals surface area contributed by atoms with Crippen molar-refractivity contribution in [3.05, 3.63) is 35.6 Å². The normalized spacial score (nSPS) is 25.9. The highest BCUT2D eigenvalue weighted by Gasteiger charge is 2.42. The van der Waals surface area contributed by atoms with Gasteiger partial charge in [0.1, 0.15) is 5.82 Å². The Morgan fingerprint density at radius 1 is 1.21 bits per heavy atom. The van der Waals surface area contributed by atoms with E-state index in [0.717, 1.165) is 39.4 Å². The molecule has 0 radical (unpaired) electrons. The van der Waals surface area contributed by atoms with E-state index < -0.39 is 5.41 Å². The zero-order chi connectivity index (χ0) is 17.3. The Kier molecular flexibility index (Phi) is 4.92. The van der Waals surface area contributed by atoms with Gasteiger partial charge in [0.15, 0.2) is 0 Å². The number of carbonyl (C=O) groups excluding carboxylic acids is 1. The van der Waals surface area contributed by atoms with Crippen molar-refractivity contribution in [1.82, 2.24) is 9.80 Å². The second kappa shape index (κ2) is 6.81. The minimum Gasteiger partial charge on any atom is -0.379 e. The van der Waals surface area contributed by atoms with Gasteiger partial charge >= 0.3 is 0 Å². The van der Waals surface area contributed by atoms with Crippen LogP contribution in [-0.2, 0) is 14.9 Å². The monoisotopic (exact) mass is 334 g/mol. The average molecular weight is 334 g/mol. The lowest BCUT2D eigenvalue weighted by molar-refractivity contribution is -0.135. The molecule has 1 amide bonds. The highest BCUT2D eigenvalue weighted by atomic mass is 19.1. The molecule has 1 aromatic carbocycles. The summed E-state index contributed by atoms with van der Waals surface area (Å²) < 4.78 is 19.6. The predicted octanol–water partition coefficient (Wildman–Crippen LogP) is 2.28. The smallest absolute Gasteiger partial charge is 0.232 e. The van der Waals surface area contributed by atoms with Crippen LogP contribution in [-0.4, -0.2) is 61.1 Å². The molecule has 0 bridgehead atoms. The van der Waals surface area contributed by atoms with E-state index in [4.69, 9.17) is 4.74 Å². The molecule has 5 heteroatoms. The summed E-state index contributed by atoms with van der Waals surface area (Å²) in [7, 11) is 0. The fraction of sp³-hybridized carbons (Fsp3) is 0.632. The lowest BCUT2D eigenvalue weighted by atomic mass is 9.83. The third-order valence-electron chi connectivity index (χ3n) is 5.46. The van der Waals surface area contributed by atoms with Crippen LogP contribution in [0, 0.1) is 11.7 Å². The van der Waals surface area contributed by atoms with Gasteiger partial charge in [-0.1, -0.05) is 25.1 Å². The zero-order valence-electron chi connectivity index (χ0n) is 14.8. The lowest BCUT2D eigenvalue weighted by Crippen LogP contribution is -2.48. The number of nitrogens with zero attached hydrogens (tertiary/aromatic N) is 2. The number of hydrogen-bond donors (Lipinski definition) is 0. The fourth-order valence-electron chi connectivity index (χ4n) is 3.98. The SMILES string of the molecule is C[C@H]1CN(C(=O)C(C)(C)c2ccccc2F)C[C@H]1N1CCOCC1. The minimum absolute atomic E-state index is 0.00945. The molecular formula is C19H27FN2O2. The molecule has 0 saturated carbocycles. The first-order valence-corrected chi connectivity index (χ1v) is 8.77. The van der Waals surface area contributed by atoms with Crippen molar-refractivity contribution in [3.8, 4) is 0 Å². The van der Waals surface area contributed by atoms with Crippen LogP contribution in [0.2, 0.25) is 0 Å². The largest absolute Gasteiger partial charge is 0.379 e. The first-order chi connectivity index (χ1) is 11.4. The maximum absolute atomic E-state index is 14.2. The van der Waals surface area contributed by atoms with Crippen molar-refractivity contribution in [1.29, 1.82) is 0 Å². The van der Waals surface area contributed by atoms with Crippen LogP contribution in [0.25, 0.3) is 0 Å². The Morgan fingerprint density at radius 2 is 1.88 bits per heavy atom. The quantitative estimate of drug-likeness (QED) is 0.850. The fourth-order valence-corrected chi connectivity index (χ4v) is 3.98. The van der Waals surface area contributed by atoms with Crippen LogP contribution in [0.4, 0.5) is 4.39 Å². The van der Waals surface area contributed by atoms with Crippen LogP contribution in [0.1, 0.15) is 26.3 Å². The van der Waals surface area contributed by atoms with Gasteiger partial charge in [0.2, 0.25) is 5.91 Å². The zero-order valence-corrected chi connectivity index (χ0v) is 14.8. The van der Waals surface area contributed by atoms with Crippen molar-refractivity contribution in [2.45, 2.75) is 32.2 Å². The van der Waals surface area contributed by atoms with E-state index in [1.807, 2.05) is 18.7 Å². The maximum Gasteiger partial charge on any atom is 0.232 e.